The lowest BCUT2D eigenvalue weighted by atomic mass is 10.1. The van der Waals surface area contributed by atoms with Gasteiger partial charge in [-0.15, -0.1) is 10.2 Å². The number of halogens is 3. The molecule has 30 heavy (non-hydrogen) atoms. The number of hydrogen-bond acceptors (Lipinski definition) is 3. The Bertz CT molecular complexity index is 1130. The number of rotatable bonds is 7. The van der Waals surface area contributed by atoms with Crippen LogP contribution in [0.3, 0.4) is 0 Å². The van der Waals surface area contributed by atoms with Crippen LogP contribution in [0.5, 0.6) is 0 Å². The molecule has 3 nitrogen and oxygen atoms in total. The van der Waals surface area contributed by atoms with Gasteiger partial charge in [0.2, 0.25) is 0 Å². The predicted molar refractivity (Wildman–Crippen MR) is 122 cm³/mol. The van der Waals surface area contributed by atoms with Crippen molar-refractivity contribution < 1.29 is 4.39 Å². The lowest BCUT2D eigenvalue weighted by Crippen LogP contribution is -2.06. The molecule has 0 N–H and O–H groups in total. The van der Waals surface area contributed by atoms with Crippen LogP contribution in [0.15, 0.2) is 78.0 Å². The summed E-state index contributed by atoms with van der Waals surface area (Å²) >= 11 is 14.1. The van der Waals surface area contributed by atoms with E-state index in [1.807, 2.05) is 41.0 Å². The van der Waals surface area contributed by atoms with Crippen LogP contribution in [-0.2, 0) is 18.7 Å². The molecule has 0 amide bonds. The van der Waals surface area contributed by atoms with Gasteiger partial charge in [-0.25, -0.2) is 4.39 Å². The van der Waals surface area contributed by atoms with Gasteiger partial charge in [0.15, 0.2) is 11.0 Å². The van der Waals surface area contributed by atoms with Crippen LogP contribution < -0.4 is 0 Å². The monoisotopic (exact) mass is 457 g/mol. The average Bonchev–Trinajstić information content (AvgIpc) is 3.15. The molecule has 4 aromatic rings. The maximum absolute atomic E-state index is 14.5. The molecule has 7 heteroatoms. The molecule has 0 saturated heterocycles. The van der Waals surface area contributed by atoms with Crippen molar-refractivity contribution in [3.63, 3.8) is 0 Å². The fourth-order valence-corrected chi connectivity index (χ4v) is 4.84. The van der Waals surface area contributed by atoms with Gasteiger partial charge in [-0.1, -0.05) is 83.5 Å². The molecule has 3 aromatic carbocycles. The molecule has 4 rings (SSSR count). The van der Waals surface area contributed by atoms with Crippen molar-refractivity contribution in [3.8, 4) is 11.4 Å². The first-order valence-electron chi connectivity index (χ1n) is 9.41. The summed E-state index contributed by atoms with van der Waals surface area (Å²) in [7, 11) is 0. The van der Waals surface area contributed by atoms with Gasteiger partial charge in [-0.05, 0) is 41.8 Å². The van der Waals surface area contributed by atoms with Crippen molar-refractivity contribution in [3.05, 3.63) is 99.8 Å². The third kappa shape index (κ3) is 4.69. The van der Waals surface area contributed by atoms with E-state index in [0.717, 1.165) is 12.0 Å². The Morgan fingerprint density at radius 1 is 0.833 bits per heavy atom. The first-order valence-corrected chi connectivity index (χ1v) is 11.2. The minimum absolute atomic E-state index is 0.323. The molecule has 152 valence electrons. The number of aromatic nitrogens is 3. The smallest absolute Gasteiger partial charge is 0.191 e. The van der Waals surface area contributed by atoms with Gasteiger partial charge >= 0.3 is 0 Å². The van der Waals surface area contributed by atoms with Gasteiger partial charge in [-0.2, -0.15) is 0 Å². The summed E-state index contributed by atoms with van der Waals surface area (Å²) in [5, 5.41) is 10.6. The Morgan fingerprint density at radius 2 is 1.53 bits per heavy atom. The highest BCUT2D eigenvalue weighted by Gasteiger charge is 2.18. The zero-order valence-corrected chi connectivity index (χ0v) is 18.3. The molecule has 0 radical (unpaired) electrons. The van der Waals surface area contributed by atoms with Crippen LogP contribution in [0.1, 0.15) is 11.1 Å². The number of hydrogen-bond donors (Lipinski definition) is 0. The lowest BCUT2D eigenvalue weighted by molar-refractivity contribution is 0.616. The molecular weight excluding hydrogens is 440 g/mol. The second-order valence-electron chi connectivity index (χ2n) is 6.66. The van der Waals surface area contributed by atoms with E-state index < -0.39 is 0 Å². The van der Waals surface area contributed by atoms with Gasteiger partial charge in [0, 0.05) is 22.3 Å². The Hall–Kier alpha value is -2.34. The molecule has 0 saturated carbocycles. The third-order valence-electron chi connectivity index (χ3n) is 4.71. The molecule has 0 fully saturated rings. The van der Waals surface area contributed by atoms with Crippen LogP contribution in [-0.4, -0.2) is 14.8 Å². The van der Waals surface area contributed by atoms with Gasteiger partial charge in [0.05, 0.1) is 5.56 Å². The summed E-state index contributed by atoms with van der Waals surface area (Å²) in [4.78, 5) is 0. The summed E-state index contributed by atoms with van der Waals surface area (Å²) in [6.45, 7) is 0.624. The largest absolute Gasteiger partial charge is 0.302 e. The molecule has 0 unspecified atom stereocenters. The number of nitrogens with zero attached hydrogens (tertiary/aromatic N) is 3. The second-order valence-corrected chi connectivity index (χ2v) is 8.42. The topological polar surface area (TPSA) is 30.7 Å². The van der Waals surface area contributed by atoms with Crippen molar-refractivity contribution in [1.82, 2.24) is 14.8 Å². The number of benzene rings is 3. The van der Waals surface area contributed by atoms with Crippen LogP contribution in [0, 0.1) is 5.82 Å². The van der Waals surface area contributed by atoms with E-state index >= 15 is 0 Å². The summed E-state index contributed by atoms with van der Waals surface area (Å²) in [5.41, 5.74) is 2.47. The summed E-state index contributed by atoms with van der Waals surface area (Å²) < 4.78 is 16.4. The molecule has 1 heterocycles. The fourth-order valence-electron chi connectivity index (χ4n) is 3.13. The molecule has 1 aromatic heterocycles. The minimum atomic E-state index is -0.323. The van der Waals surface area contributed by atoms with E-state index in [2.05, 4.69) is 22.3 Å². The first kappa shape index (κ1) is 20.9. The Kier molecular flexibility index (Phi) is 6.72. The van der Waals surface area contributed by atoms with Crippen molar-refractivity contribution in [2.45, 2.75) is 23.9 Å². The maximum Gasteiger partial charge on any atom is 0.191 e. The highest BCUT2D eigenvalue weighted by molar-refractivity contribution is 7.98. The minimum Gasteiger partial charge on any atom is -0.302 e. The normalized spacial score (nSPS) is 11.0. The molecule has 0 bridgehead atoms. The Balaban J connectivity index is 1.65. The predicted octanol–water partition coefficient (Wildman–Crippen LogP) is 6.93. The standard InChI is InChI=1S/C23H18Cl2FN3S/c24-19-10-6-11-20(25)18(19)15-30-23-28-27-22(17-9-4-5-12-21(17)26)29(23)14-13-16-7-2-1-3-8-16/h1-12H,13-15H2. The van der Waals surface area contributed by atoms with Crippen molar-refractivity contribution in [2.24, 2.45) is 0 Å². The van der Waals surface area contributed by atoms with E-state index in [9.17, 15) is 4.39 Å². The molecule has 0 aliphatic rings. The molecule has 0 aliphatic heterocycles. The summed E-state index contributed by atoms with van der Waals surface area (Å²) in [6, 6.07) is 22.2. The maximum atomic E-state index is 14.5. The SMILES string of the molecule is Fc1ccccc1-c1nnc(SCc2c(Cl)cccc2Cl)n1CCc1ccccc1. The van der Waals surface area contributed by atoms with Crippen LogP contribution >= 0.6 is 35.0 Å². The summed E-state index contributed by atoms with van der Waals surface area (Å²) in [5.74, 6) is 0.729. The number of thioether (sulfide) groups is 1. The van der Waals surface area contributed by atoms with E-state index in [1.54, 1.807) is 18.2 Å². The van der Waals surface area contributed by atoms with E-state index in [-0.39, 0.29) is 5.82 Å². The quantitative estimate of drug-likeness (QED) is 0.282. The average molecular weight is 458 g/mol. The highest BCUT2D eigenvalue weighted by atomic mass is 35.5. The highest BCUT2D eigenvalue weighted by Crippen LogP contribution is 2.33. The molecule has 0 spiro atoms. The Labute approximate surface area is 188 Å². The molecule has 0 atom stereocenters. The molecule has 0 aliphatic carbocycles. The number of aryl methyl sites for hydroxylation is 1. The van der Waals surface area contributed by atoms with Gasteiger partial charge in [0.25, 0.3) is 0 Å². The fraction of sp³-hybridized carbons (Fsp3) is 0.130. The van der Waals surface area contributed by atoms with E-state index in [0.29, 0.717) is 38.9 Å². The molecular formula is C23H18Cl2FN3S. The van der Waals surface area contributed by atoms with Gasteiger partial charge in [0.1, 0.15) is 5.82 Å². The van der Waals surface area contributed by atoms with Gasteiger partial charge < -0.3 is 4.57 Å². The van der Waals surface area contributed by atoms with Crippen molar-refractivity contribution in [1.29, 1.82) is 0 Å². The van der Waals surface area contributed by atoms with Crippen molar-refractivity contribution >= 4 is 35.0 Å². The zero-order valence-electron chi connectivity index (χ0n) is 15.9. The second kappa shape index (κ2) is 9.65. The Morgan fingerprint density at radius 3 is 2.27 bits per heavy atom. The summed E-state index contributed by atoms with van der Waals surface area (Å²) in [6.07, 6.45) is 0.779. The van der Waals surface area contributed by atoms with Gasteiger partial charge in [-0.3, -0.25) is 0 Å². The van der Waals surface area contributed by atoms with E-state index in [1.165, 1.54) is 23.4 Å². The van der Waals surface area contributed by atoms with Crippen LogP contribution in [0.25, 0.3) is 11.4 Å². The zero-order chi connectivity index (χ0) is 20.9. The third-order valence-corrected chi connectivity index (χ3v) is 6.41. The van der Waals surface area contributed by atoms with Crippen LogP contribution in [0.2, 0.25) is 10.0 Å². The first-order chi connectivity index (χ1) is 14.6. The lowest BCUT2D eigenvalue weighted by Gasteiger charge is -2.12. The van der Waals surface area contributed by atoms with E-state index in [4.69, 9.17) is 23.2 Å². The van der Waals surface area contributed by atoms with Crippen LogP contribution in [0.4, 0.5) is 4.39 Å². The van der Waals surface area contributed by atoms with Crippen molar-refractivity contribution in [2.75, 3.05) is 0 Å².